The normalized spacial score (nSPS) is 12.8. The van der Waals surface area contributed by atoms with Crippen LogP contribution in [0, 0.1) is 0 Å². The van der Waals surface area contributed by atoms with E-state index in [0.29, 0.717) is 25.1 Å². The third kappa shape index (κ3) is 11.3. The van der Waals surface area contributed by atoms with Gasteiger partial charge in [0.1, 0.15) is 0 Å². The fraction of sp³-hybridized carbons (Fsp3) is 0.611. The summed E-state index contributed by atoms with van der Waals surface area (Å²) in [6.07, 6.45) is 1.22. The highest BCUT2D eigenvalue weighted by molar-refractivity contribution is 5.94. The number of hydrogen-bond donors (Lipinski definition) is 3. The van der Waals surface area contributed by atoms with Gasteiger partial charge in [-0.25, -0.2) is 0 Å². The number of carbonyl (C=O) groups is 2. The number of carbonyl (C=O) groups excluding carboxylic acids is 2. The van der Waals surface area contributed by atoms with E-state index in [4.69, 9.17) is 0 Å². The molecule has 0 aromatic heterocycles. The summed E-state index contributed by atoms with van der Waals surface area (Å²) >= 11 is 0. The molecule has 0 fully saturated rings. The average molecular weight is 564 g/mol. The van der Waals surface area contributed by atoms with Gasteiger partial charge in [-0.3, -0.25) is 9.59 Å². The van der Waals surface area contributed by atoms with Gasteiger partial charge in [-0.15, -0.1) is 0 Å². The summed E-state index contributed by atoms with van der Waals surface area (Å²) in [5, 5.41) is 9.41. The van der Waals surface area contributed by atoms with Crippen LogP contribution in [0.5, 0.6) is 0 Å². The van der Waals surface area contributed by atoms with E-state index in [0.717, 1.165) is 30.6 Å². The van der Waals surface area contributed by atoms with Crippen LogP contribution in [0.15, 0.2) is 36.4 Å². The Labute approximate surface area is 250 Å². The van der Waals surface area contributed by atoms with Gasteiger partial charge in [0.05, 0.1) is 0 Å². The van der Waals surface area contributed by atoms with Crippen molar-refractivity contribution in [1.82, 2.24) is 16.0 Å². The van der Waals surface area contributed by atoms with E-state index in [1.54, 1.807) is 0 Å². The second-order valence-corrected chi connectivity index (χ2v) is 15.6. The Morgan fingerprint density at radius 3 is 1.41 bits per heavy atom. The lowest BCUT2D eigenvalue weighted by Crippen LogP contribution is -2.35. The maximum atomic E-state index is 12.9. The van der Waals surface area contributed by atoms with Gasteiger partial charge in [-0.2, -0.15) is 0 Å². The van der Waals surface area contributed by atoms with Gasteiger partial charge >= 0.3 is 0 Å². The van der Waals surface area contributed by atoms with E-state index in [2.05, 4.69) is 123 Å². The quantitative estimate of drug-likeness (QED) is 0.266. The molecule has 3 N–H and O–H groups in total. The average Bonchev–Trinajstić information content (AvgIpc) is 2.83. The van der Waals surface area contributed by atoms with Crippen LogP contribution in [0.3, 0.4) is 0 Å². The number of benzene rings is 2. The standard InChI is InChI=1S/C36H57N3O2/c1-33(2,3)27-18-25(19-28(22-27)34(4,5)6)24-37-15-13-14-31(40)38-16-17-39-32(41)26-20-29(35(7,8)9)23-30(21-26)36(10,11)12/h18-23,37H,13-17,24H2,1-12H3,(H,38,40)(H,39,41). The molecular formula is C36H57N3O2. The second-order valence-electron chi connectivity index (χ2n) is 15.6. The molecule has 0 saturated heterocycles. The number of hydrogen-bond acceptors (Lipinski definition) is 3. The van der Waals surface area contributed by atoms with Crippen LogP contribution >= 0.6 is 0 Å². The van der Waals surface area contributed by atoms with Gasteiger partial charge in [0.25, 0.3) is 5.91 Å². The number of rotatable bonds is 10. The molecule has 41 heavy (non-hydrogen) atoms. The van der Waals surface area contributed by atoms with E-state index < -0.39 is 0 Å². The molecule has 2 amide bonds. The molecule has 0 unspecified atom stereocenters. The monoisotopic (exact) mass is 563 g/mol. The first kappa shape index (κ1) is 34.5. The largest absolute Gasteiger partial charge is 0.354 e. The summed E-state index contributed by atoms with van der Waals surface area (Å²) in [4.78, 5) is 25.3. The fourth-order valence-electron chi connectivity index (χ4n) is 4.46. The molecule has 2 aromatic carbocycles. The molecule has 0 bridgehead atoms. The first-order valence-electron chi connectivity index (χ1n) is 15.2. The van der Waals surface area contributed by atoms with E-state index in [9.17, 15) is 9.59 Å². The van der Waals surface area contributed by atoms with Crippen molar-refractivity contribution in [2.24, 2.45) is 0 Å². The minimum atomic E-state index is -0.106. The maximum Gasteiger partial charge on any atom is 0.251 e. The van der Waals surface area contributed by atoms with Crippen LogP contribution in [0.1, 0.15) is 134 Å². The molecule has 0 aliphatic carbocycles. The molecule has 0 heterocycles. The summed E-state index contributed by atoms with van der Waals surface area (Å²) in [5.74, 6) is -0.0965. The fourth-order valence-corrected chi connectivity index (χ4v) is 4.46. The molecule has 2 aromatic rings. The minimum Gasteiger partial charge on any atom is -0.354 e. The van der Waals surface area contributed by atoms with Gasteiger partial charge in [0.2, 0.25) is 5.91 Å². The van der Waals surface area contributed by atoms with Crippen molar-refractivity contribution >= 4 is 11.8 Å². The van der Waals surface area contributed by atoms with Crippen molar-refractivity contribution in [3.8, 4) is 0 Å². The van der Waals surface area contributed by atoms with Crippen LogP contribution in [-0.2, 0) is 33.0 Å². The first-order valence-corrected chi connectivity index (χ1v) is 15.2. The predicted octanol–water partition coefficient (Wildman–Crippen LogP) is 7.29. The van der Waals surface area contributed by atoms with Gasteiger partial charge in [0.15, 0.2) is 0 Å². The van der Waals surface area contributed by atoms with Gasteiger partial charge < -0.3 is 16.0 Å². The molecule has 0 spiro atoms. The zero-order chi connectivity index (χ0) is 31.2. The van der Waals surface area contributed by atoms with Crippen molar-refractivity contribution in [3.05, 3.63) is 69.8 Å². The van der Waals surface area contributed by atoms with E-state index in [-0.39, 0.29) is 33.5 Å². The highest BCUT2D eigenvalue weighted by Gasteiger charge is 2.23. The van der Waals surface area contributed by atoms with Gasteiger partial charge in [-0.05, 0) is 74.6 Å². The molecule has 0 aliphatic rings. The van der Waals surface area contributed by atoms with E-state index in [1.165, 1.54) is 16.7 Å². The lowest BCUT2D eigenvalue weighted by molar-refractivity contribution is -0.121. The Morgan fingerprint density at radius 2 is 0.976 bits per heavy atom. The summed E-state index contributed by atoms with van der Waals surface area (Å²) < 4.78 is 0. The van der Waals surface area contributed by atoms with Crippen LogP contribution in [0.2, 0.25) is 0 Å². The van der Waals surface area contributed by atoms with E-state index in [1.807, 2.05) is 12.1 Å². The van der Waals surface area contributed by atoms with Gasteiger partial charge in [0, 0.05) is 31.6 Å². The number of nitrogens with one attached hydrogen (secondary N) is 3. The van der Waals surface area contributed by atoms with Crippen LogP contribution in [0.25, 0.3) is 0 Å². The highest BCUT2D eigenvalue weighted by atomic mass is 16.2. The third-order valence-electron chi connectivity index (χ3n) is 7.47. The Morgan fingerprint density at radius 1 is 0.561 bits per heavy atom. The van der Waals surface area contributed by atoms with Crippen LogP contribution in [-0.4, -0.2) is 31.4 Å². The molecule has 228 valence electrons. The van der Waals surface area contributed by atoms with Crippen molar-refractivity contribution < 1.29 is 9.59 Å². The lowest BCUT2D eigenvalue weighted by Gasteiger charge is -2.26. The molecule has 5 heteroatoms. The van der Waals surface area contributed by atoms with Crippen molar-refractivity contribution in [1.29, 1.82) is 0 Å². The smallest absolute Gasteiger partial charge is 0.251 e. The Bertz CT molecular complexity index is 1120. The van der Waals surface area contributed by atoms with Crippen molar-refractivity contribution in [2.75, 3.05) is 19.6 Å². The molecule has 5 nitrogen and oxygen atoms in total. The highest BCUT2D eigenvalue weighted by Crippen LogP contribution is 2.31. The maximum absolute atomic E-state index is 12.9. The molecule has 0 aliphatic heterocycles. The van der Waals surface area contributed by atoms with Crippen LogP contribution in [0.4, 0.5) is 0 Å². The molecule has 0 saturated carbocycles. The second kappa shape index (κ2) is 13.5. The zero-order valence-electron chi connectivity index (χ0n) is 28.0. The summed E-state index contributed by atoms with van der Waals surface area (Å²) in [6, 6.07) is 13.1. The Kier molecular flexibility index (Phi) is 11.4. The molecule has 0 radical (unpaired) electrons. The van der Waals surface area contributed by atoms with Gasteiger partial charge in [-0.1, -0.05) is 107 Å². The Hall–Kier alpha value is -2.66. The van der Waals surface area contributed by atoms with Crippen molar-refractivity contribution in [3.63, 3.8) is 0 Å². The lowest BCUT2D eigenvalue weighted by atomic mass is 9.79. The predicted molar refractivity (Wildman–Crippen MR) is 174 cm³/mol. The minimum absolute atomic E-state index is 0.00977. The first-order chi connectivity index (χ1) is 18.7. The molecule has 2 rings (SSSR count). The number of amides is 2. The van der Waals surface area contributed by atoms with E-state index >= 15 is 0 Å². The van der Waals surface area contributed by atoms with Crippen molar-refractivity contribution in [2.45, 2.75) is 124 Å². The molecule has 0 atom stereocenters. The summed E-state index contributed by atoms with van der Waals surface area (Å²) in [5.41, 5.74) is 7.04. The zero-order valence-corrected chi connectivity index (χ0v) is 28.0. The third-order valence-corrected chi connectivity index (χ3v) is 7.47. The summed E-state index contributed by atoms with van der Waals surface area (Å²) in [6.45, 7) is 28.9. The molecular weight excluding hydrogens is 506 g/mol. The topological polar surface area (TPSA) is 70.2 Å². The summed E-state index contributed by atoms with van der Waals surface area (Å²) in [7, 11) is 0. The van der Waals surface area contributed by atoms with Crippen LogP contribution < -0.4 is 16.0 Å². The Balaban J connectivity index is 1.79. The SMILES string of the molecule is CC(C)(C)c1cc(CNCCCC(=O)NCCNC(=O)c2cc(C(C)(C)C)cc(C(C)(C)C)c2)cc(C(C)(C)C)c1.